The van der Waals surface area contributed by atoms with Crippen LogP contribution in [-0.4, -0.2) is 41.0 Å². The number of nitrogens with one attached hydrogen (secondary N) is 2. The lowest BCUT2D eigenvalue weighted by Gasteiger charge is -2.31. The number of piperidine rings is 1. The fourth-order valence-corrected chi connectivity index (χ4v) is 3.29. The maximum absolute atomic E-state index is 12.6. The summed E-state index contributed by atoms with van der Waals surface area (Å²) in [6.45, 7) is 1.27. The highest BCUT2D eigenvalue weighted by molar-refractivity contribution is 6.01. The van der Waals surface area contributed by atoms with Crippen molar-refractivity contribution < 1.29 is 9.59 Å². The Labute approximate surface area is 146 Å². The molecule has 1 aromatic heterocycles. The van der Waals surface area contributed by atoms with E-state index in [2.05, 4.69) is 15.6 Å². The van der Waals surface area contributed by atoms with E-state index >= 15 is 0 Å². The molecule has 2 aromatic rings. The summed E-state index contributed by atoms with van der Waals surface area (Å²) in [6.07, 6.45) is 5.32. The molecule has 0 bridgehead atoms. The quantitative estimate of drug-likeness (QED) is 0.904. The Morgan fingerprint density at radius 3 is 2.60 bits per heavy atom. The summed E-state index contributed by atoms with van der Waals surface area (Å²) >= 11 is 0. The van der Waals surface area contributed by atoms with Crippen LogP contribution in [0.4, 0.5) is 10.5 Å². The molecular formula is C19H22N4O2. The zero-order valence-corrected chi connectivity index (χ0v) is 14.1. The van der Waals surface area contributed by atoms with Gasteiger partial charge in [0, 0.05) is 36.6 Å². The van der Waals surface area contributed by atoms with Gasteiger partial charge in [0.15, 0.2) is 0 Å². The van der Waals surface area contributed by atoms with E-state index in [1.807, 2.05) is 35.2 Å². The zero-order valence-electron chi connectivity index (χ0n) is 14.1. The number of pyridine rings is 1. The number of carbonyl (C=O) groups is 2. The molecule has 0 radical (unpaired) electrons. The van der Waals surface area contributed by atoms with Crippen molar-refractivity contribution in [1.29, 1.82) is 0 Å². The van der Waals surface area contributed by atoms with Gasteiger partial charge < -0.3 is 15.5 Å². The van der Waals surface area contributed by atoms with Crippen LogP contribution in [-0.2, 0) is 4.79 Å². The van der Waals surface area contributed by atoms with E-state index in [1.165, 1.54) is 0 Å². The molecule has 1 aliphatic heterocycles. The maximum Gasteiger partial charge on any atom is 0.317 e. The Morgan fingerprint density at radius 2 is 1.84 bits per heavy atom. The molecule has 1 aliphatic carbocycles. The Hall–Kier alpha value is -2.63. The summed E-state index contributed by atoms with van der Waals surface area (Å²) in [4.78, 5) is 30.8. The van der Waals surface area contributed by atoms with Crippen LogP contribution >= 0.6 is 0 Å². The lowest BCUT2D eigenvalue weighted by atomic mass is 9.96. The zero-order chi connectivity index (χ0) is 17.2. The van der Waals surface area contributed by atoms with E-state index in [1.54, 1.807) is 6.20 Å². The molecule has 25 heavy (non-hydrogen) atoms. The monoisotopic (exact) mass is 338 g/mol. The number of hydrogen-bond acceptors (Lipinski definition) is 3. The number of carbonyl (C=O) groups excluding carboxylic acids is 2. The fourth-order valence-electron chi connectivity index (χ4n) is 3.29. The predicted molar refractivity (Wildman–Crippen MR) is 96.2 cm³/mol. The average molecular weight is 338 g/mol. The molecule has 2 fully saturated rings. The molecule has 4 rings (SSSR count). The van der Waals surface area contributed by atoms with Gasteiger partial charge in [-0.2, -0.15) is 0 Å². The van der Waals surface area contributed by atoms with Gasteiger partial charge >= 0.3 is 6.03 Å². The van der Waals surface area contributed by atoms with Crippen LogP contribution in [0.15, 0.2) is 36.5 Å². The van der Waals surface area contributed by atoms with Crippen LogP contribution in [0.5, 0.6) is 0 Å². The summed E-state index contributed by atoms with van der Waals surface area (Å²) in [5.41, 5.74) is 1.66. The lowest BCUT2D eigenvalue weighted by molar-refractivity contribution is -0.121. The third kappa shape index (κ3) is 3.57. The van der Waals surface area contributed by atoms with Gasteiger partial charge in [-0.25, -0.2) is 4.79 Å². The topological polar surface area (TPSA) is 74.3 Å². The summed E-state index contributed by atoms with van der Waals surface area (Å²) in [6, 6.07) is 9.95. The van der Waals surface area contributed by atoms with Gasteiger partial charge in [-0.3, -0.25) is 9.78 Å². The third-order valence-corrected chi connectivity index (χ3v) is 4.96. The first-order valence-corrected chi connectivity index (χ1v) is 8.91. The number of rotatable bonds is 3. The molecular weight excluding hydrogens is 316 g/mol. The van der Waals surface area contributed by atoms with Crippen LogP contribution in [0, 0.1) is 5.92 Å². The number of likely N-dealkylation sites (tertiary alicyclic amines) is 1. The van der Waals surface area contributed by atoms with Crippen molar-refractivity contribution in [3.05, 3.63) is 36.5 Å². The van der Waals surface area contributed by atoms with Gasteiger partial charge in [0.2, 0.25) is 5.91 Å². The number of hydrogen-bond donors (Lipinski definition) is 2. The number of urea groups is 1. The van der Waals surface area contributed by atoms with E-state index in [-0.39, 0.29) is 17.9 Å². The molecule has 1 saturated carbocycles. The first kappa shape index (κ1) is 15.9. The molecule has 6 nitrogen and oxygen atoms in total. The van der Waals surface area contributed by atoms with E-state index < -0.39 is 0 Å². The second-order valence-electron chi connectivity index (χ2n) is 6.85. The minimum absolute atomic E-state index is 0.0153. The SMILES string of the molecule is O=C(Nc1cccc2ncccc12)C1CCN(C(=O)NC2CC2)CC1. The average Bonchev–Trinajstić information content (AvgIpc) is 3.46. The van der Waals surface area contributed by atoms with Crippen LogP contribution < -0.4 is 10.6 Å². The van der Waals surface area contributed by atoms with Crippen molar-refractivity contribution in [2.45, 2.75) is 31.7 Å². The standard InChI is InChI=1S/C19H22N4O2/c24-18(22-17-5-1-4-16-15(17)3-2-10-20-16)13-8-11-23(12-9-13)19(25)21-14-6-7-14/h1-5,10,13-14H,6-9,11-12H2,(H,21,25)(H,22,24). The van der Waals surface area contributed by atoms with Crippen LogP contribution in [0.1, 0.15) is 25.7 Å². The number of nitrogens with zero attached hydrogens (tertiary/aromatic N) is 2. The second-order valence-corrected chi connectivity index (χ2v) is 6.85. The number of anilines is 1. The van der Waals surface area contributed by atoms with Crippen LogP contribution in [0.25, 0.3) is 10.9 Å². The minimum atomic E-state index is -0.0584. The van der Waals surface area contributed by atoms with E-state index in [4.69, 9.17) is 0 Å². The van der Waals surface area contributed by atoms with Crippen LogP contribution in [0.2, 0.25) is 0 Å². The second kappa shape index (κ2) is 6.70. The summed E-state index contributed by atoms with van der Waals surface area (Å²) in [5.74, 6) is -0.0319. The summed E-state index contributed by atoms with van der Waals surface area (Å²) < 4.78 is 0. The highest BCUT2D eigenvalue weighted by atomic mass is 16.2. The van der Waals surface area contributed by atoms with Crippen LogP contribution in [0.3, 0.4) is 0 Å². The number of fused-ring (bicyclic) bond motifs is 1. The molecule has 1 saturated heterocycles. The third-order valence-electron chi connectivity index (χ3n) is 4.96. The molecule has 2 heterocycles. The normalized spacial score (nSPS) is 18.2. The first-order chi connectivity index (χ1) is 12.2. The number of benzene rings is 1. The van der Waals surface area contributed by atoms with Gasteiger partial charge in [-0.1, -0.05) is 6.07 Å². The fraction of sp³-hybridized carbons (Fsp3) is 0.421. The number of amides is 3. The minimum Gasteiger partial charge on any atom is -0.335 e. The smallest absolute Gasteiger partial charge is 0.317 e. The Morgan fingerprint density at radius 1 is 1.04 bits per heavy atom. The van der Waals surface area contributed by atoms with Crippen molar-refractivity contribution in [2.75, 3.05) is 18.4 Å². The Kier molecular flexibility index (Phi) is 4.26. The lowest BCUT2D eigenvalue weighted by Crippen LogP contribution is -2.46. The molecule has 3 amide bonds. The molecule has 2 aliphatic rings. The van der Waals surface area contributed by atoms with Gasteiger partial charge in [0.05, 0.1) is 11.2 Å². The molecule has 130 valence electrons. The number of aromatic nitrogens is 1. The summed E-state index contributed by atoms with van der Waals surface area (Å²) in [7, 11) is 0. The maximum atomic E-state index is 12.6. The molecule has 0 unspecified atom stereocenters. The van der Waals surface area contributed by atoms with Gasteiger partial charge in [0.1, 0.15) is 0 Å². The Balaban J connectivity index is 1.36. The van der Waals surface area contributed by atoms with Gasteiger partial charge in [-0.15, -0.1) is 0 Å². The molecule has 1 aromatic carbocycles. The van der Waals surface area contributed by atoms with E-state index in [0.29, 0.717) is 32.0 Å². The molecule has 6 heteroatoms. The van der Waals surface area contributed by atoms with Gasteiger partial charge in [0.25, 0.3) is 0 Å². The molecule has 2 N–H and O–H groups in total. The van der Waals surface area contributed by atoms with Crippen molar-refractivity contribution in [2.24, 2.45) is 5.92 Å². The highest BCUT2D eigenvalue weighted by Gasteiger charge is 2.30. The largest absolute Gasteiger partial charge is 0.335 e. The van der Waals surface area contributed by atoms with Crippen molar-refractivity contribution in [3.63, 3.8) is 0 Å². The van der Waals surface area contributed by atoms with Crippen molar-refractivity contribution >= 4 is 28.5 Å². The van der Waals surface area contributed by atoms with Crippen molar-refractivity contribution in [1.82, 2.24) is 15.2 Å². The van der Waals surface area contributed by atoms with E-state index in [9.17, 15) is 9.59 Å². The molecule has 0 spiro atoms. The molecule has 0 atom stereocenters. The Bertz CT molecular complexity index is 790. The van der Waals surface area contributed by atoms with Gasteiger partial charge in [-0.05, 0) is 49.9 Å². The summed E-state index contributed by atoms with van der Waals surface area (Å²) in [5, 5.41) is 6.99. The van der Waals surface area contributed by atoms with Crippen molar-refractivity contribution in [3.8, 4) is 0 Å². The first-order valence-electron chi connectivity index (χ1n) is 8.91. The predicted octanol–water partition coefficient (Wildman–Crippen LogP) is 2.76. The highest BCUT2D eigenvalue weighted by Crippen LogP contribution is 2.25. The van der Waals surface area contributed by atoms with E-state index in [0.717, 1.165) is 29.4 Å².